The molecule has 1 saturated carbocycles. The fraction of sp³-hybridized carbons (Fsp3) is 0.480. The molecular formula is C25H28BrNO4. The number of benzene rings is 2. The van der Waals surface area contributed by atoms with Crippen LogP contribution in [-0.2, 0) is 11.8 Å². The Morgan fingerprint density at radius 3 is 2.87 bits per heavy atom. The number of carbonyl (C=O) groups is 1. The molecule has 0 unspecified atom stereocenters. The lowest BCUT2D eigenvalue weighted by Crippen LogP contribution is -2.61. The quantitative estimate of drug-likeness (QED) is 0.641. The summed E-state index contributed by atoms with van der Waals surface area (Å²) in [7, 11) is 0. The van der Waals surface area contributed by atoms with E-state index < -0.39 is 0 Å². The Labute approximate surface area is 193 Å². The van der Waals surface area contributed by atoms with Gasteiger partial charge in [0, 0.05) is 17.0 Å². The van der Waals surface area contributed by atoms with Crippen LogP contribution < -0.4 is 9.47 Å². The molecule has 2 heterocycles. The molecule has 0 spiro atoms. The standard InChI is InChI=1S/C25H27NO4.BrH/c27-18-6-4-16-11-21-19-3-1-2-8-25(19,20(16)13-18)9-10-26(21)14-22(28)17-5-7-23-24(12-17)30-15-29-23;/h4-7,12-13,19,21,27H,1-3,8-11,14-15H2;1H/t19-,21+,25+;/m0./s1. The van der Waals surface area contributed by atoms with Gasteiger partial charge in [-0.05, 0) is 79.6 Å². The first kappa shape index (κ1) is 20.8. The number of likely N-dealkylation sites (tertiary alicyclic amines) is 1. The summed E-state index contributed by atoms with van der Waals surface area (Å²) in [4.78, 5) is 15.6. The van der Waals surface area contributed by atoms with Crippen LogP contribution >= 0.6 is 17.0 Å². The van der Waals surface area contributed by atoms with Crippen molar-refractivity contribution in [3.63, 3.8) is 0 Å². The van der Waals surface area contributed by atoms with Crippen LogP contribution in [0.25, 0.3) is 0 Å². The van der Waals surface area contributed by atoms with Crippen molar-refractivity contribution in [3.8, 4) is 17.2 Å². The Kier molecular flexibility index (Phi) is 5.25. The number of piperidine rings is 1. The minimum absolute atomic E-state index is 0. The topological polar surface area (TPSA) is 59.0 Å². The third-order valence-electron chi connectivity index (χ3n) is 7.98. The average molecular weight is 486 g/mol. The molecule has 1 saturated heterocycles. The van der Waals surface area contributed by atoms with E-state index in [0.29, 0.717) is 41.3 Å². The molecule has 2 aliphatic carbocycles. The van der Waals surface area contributed by atoms with Crippen LogP contribution in [0.15, 0.2) is 36.4 Å². The van der Waals surface area contributed by atoms with Crippen molar-refractivity contribution in [1.82, 2.24) is 4.90 Å². The molecule has 2 bridgehead atoms. The highest BCUT2D eigenvalue weighted by Crippen LogP contribution is 2.56. The number of nitrogens with zero attached hydrogens (tertiary/aromatic N) is 1. The van der Waals surface area contributed by atoms with E-state index in [4.69, 9.17) is 9.47 Å². The highest BCUT2D eigenvalue weighted by Gasteiger charge is 2.53. The fourth-order valence-corrected chi connectivity index (χ4v) is 6.61. The van der Waals surface area contributed by atoms with Gasteiger partial charge >= 0.3 is 0 Å². The van der Waals surface area contributed by atoms with Gasteiger partial charge in [0.15, 0.2) is 17.3 Å². The first-order valence-corrected chi connectivity index (χ1v) is 11.1. The van der Waals surface area contributed by atoms with Crippen LogP contribution in [0.2, 0.25) is 0 Å². The number of carbonyl (C=O) groups excluding carboxylic acids is 1. The van der Waals surface area contributed by atoms with E-state index in [2.05, 4.69) is 11.0 Å². The zero-order valence-electron chi connectivity index (χ0n) is 17.5. The van der Waals surface area contributed by atoms with Gasteiger partial charge in [-0.25, -0.2) is 0 Å². The molecule has 2 aromatic carbocycles. The fourth-order valence-electron chi connectivity index (χ4n) is 6.61. The molecule has 4 aliphatic rings. The molecule has 2 fully saturated rings. The number of phenolic OH excluding ortho intramolecular Hbond substituents is 1. The first-order chi connectivity index (χ1) is 14.6. The van der Waals surface area contributed by atoms with Crippen LogP contribution in [0, 0.1) is 5.92 Å². The number of fused-ring (bicyclic) bond motifs is 2. The predicted octanol–water partition coefficient (Wildman–Crippen LogP) is 4.64. The van der Waals surface area contributed by atoms with E-state index in [-0.39, 0.29) is 35.0 Å². The van der Waals surface area contributed by atoms with Crippen molar-refractivity contribution in [2.75, 3.05) is 19.9 Å². The predicted molar refractivity (Wildman–Crippen MR) is 123 cm³/mol. The summed E-state index contributed by atoms with van der Waals surface area (Å²) in [6.07, 6.45) is 6.98. The van der Waals surface area contributed by atoms with Gasteiger partial charge in [-0.3, -0.25) is 9.69 Å². The van der Waals surface area contributed by atoms with Gasteiger partial charge in [-0.2, -0.15) is 0 Å². The summed E-state index contributed by atoms with van der Waals surface area (Å²) in [5.41, 5.74) is 3.61. The molecule has 2 aromatic rings. The Bertz CT molecular complexity index is 1020. The molecule has 0 radical (unpaired) electrons. The van der Waals surface area contributed by atoms with Gasteiger partial charge in [-0.15, -0.1) is 17.0 Å². The summed E-state index contributed by atoms with van der Waals surface area (Å²) in [6.45, 7) is 1.61. The summed E-state index contributed by atoms with van der Waals surface area (Å²) in [6, 6.07) is 11.8. The average Bonchev–Trinajstić information content (AvgIpc) is 3.24. The van der Waals surface area contributed by atoms with Crippen LogP contribution in [0.1, 0.15) is 53.6 Å². The maximum Gasteiger partial charge on any atom is 0.231 e. The number of rotatable bonds is 3. The lowest BCUT2D eigenvalue weighted by Gasteiger charge is -2.59. The van der Waals surface area contributed by atoms with Gasteiger partial charge in [0.05, 0.1) is 6.54 Å². The van der Waals surface area contributed by atoms with Gasteiger partial charge in [0.2, 0.25) is 6.79 Å². The molecule has 1 N–H and O–H groups in total. The number of ether oxygens (including phenoxy) is 2. The summed E-state index contributed by atoms with van der Waals surface area (Å²) in [5.74, 6) is 2.47. The van der Waals surface area contributed by atoms with Gasteiger partial charge < -0.3 is 14.6 Å². The number of hydrogen-bond donors (Lipinski definition) is 1. The highest BCUT2D eigenvalue weighted by molar-refractivity contribution is 8.93. The zero-order valence-corrected chi connectivity index (χ0v) is 19.2. The Morgan fingerprint density at radius 1 is 1.10 bits per heavy atom. The van der Waals surface area contributed by atoms with E-state index in [1.807, 2.05) is 30.3 Å². The Hall–Kier alpha value is -2.05. The van der Waals surface area contributed by atoms with Crippen LogP contribution in [-0.4, -0.2) is 41.7 Å². The molecule has 6 heteroatoms. The van der Waals surface area contributed by atoms with Crippen molar-refractivity contribution in [2.24, 2.45) is 5.92 Å². The third-order valence-corrected chi connectivity index (χ3v) is 7.98. The highest BCUT2D eigenvalue weighted by atomic mass is 79.9. The van der Waals surface area contributed by atoms with E-state index in [1.165, 1.54) is 36.8 Å². The summed E-state index contributed by atoms with van der Waals surface area (Å²) < 4.78 is 10.8. The normalized spacial score (nSPS) is 28.3. The van der Waals surface area contributed by atoms with Crippen LogP contribution in [0.4, 0.5) is 0 Å². The van der Waals surface area contributed by atoms with Crippen LogP contribution in [0.3, 0.4) is 0 Å². The number of hydrogen-bond acceptors (Lipinski definition) is 5. The second-order valence-electron chi connectivity index (χ2n) is 9.33. The Balaban J connectivity index is 0.00000204. The van der Waals surface area contributed by atoms with Crippen molar-refractivity contribution in [1.29, 1.82) is 0 Å². The molecule has 31 heavy (non-hydrogen) atoms. The molecule has 0 amide bonds. The van der Waals surface area contributed by atoms with Crippen molar-refractivity contribution >= 4 is 22.8 Å². The van der Waals surface area contributed by atoms with Crippen molar-refractivity contribution in [3.05, 3.63) is 53.1 Å². The largest absolute Gasteiger partial charge is 0.508 e. The van der Waals surface area contributed by atoms with Crippen molar-refractivity contribution in [2.45, 2.75) is 50.0 Å². The third kappa shape index (κ3) is 3.26. The number of halogens is 1. The summed E-state index contributed by atoms with van der Waals surface area (Å²) in [5, 5.41) is 10.2. The van der Waals surface area contributed by atoms with E-state index >= 15 is 0 Å². The van der Waals surface area contributed by atoms with Gasteiger partial charge in [-0.1, -0.05) is 18.9 Å². The minimum Gasteiger partial charge on any atom is -0.508 e. The second kappa shape index (κ2) is 7.82. The molecule has 5 nitrogen and oxygen atoms in total. The summed E-state index contributed by atoms with van der Waals surface area (Å²) >= 11 is 0. The number of phenols is 1. The molecule has 164 valence electrons. The van der Waals surface area contributed by atoms with E-state index in [0.717, 1.165) is 19.4 Å². The maximum absolute atomic E-state index is 13.2. The number of aromatic hydroxyl groups is 1. The molecule has 6 rings (SSSR count). The number of ketones is 1. The molecule has 2 aliphatic heterocycles. The van der Waals surface area contributed by atoms with Gasteiger partial charge in [0.1, 0.15) is 5.75 Å². The minimum atomic E-state index is 0. The van der Waals surface area contributed by atoms with E-state index in [9.17, 15) is 9.90 Å². The smallest absolute Gasteiger partial charge is 0.231 e. The van der Waals surface area contributed by atoms with E-state index in [1.54, 1.807) is 0 Å². The monoisotopic (exact) mass is 485 g/mol. The zero-order chi connectivity index (χ0) is 20.3. The second-order valence-corrected chi connectivity index (χ2v) is 9.33. The Morgan fingerprint density at radius 2 is 1.97 bits per heavy atom. The first-order valence-electron chi connectivity index (χ1n) is 11.1. The molecule has 3 atom stereocenters. The number of Topliss-reactive ketones (excluding diaryl/α,β-unsaturated/α-hetero) is 1. The lowest BCUT2D eigenvalue weighted by atomic mass is 9.52. The van der Waals surface area contributed by atoms with Crippen LogP contribution in [0.5, 0.6) is 17.2 Å². The lowest BCUT2D eigenvalue weighted by molar-refractivity contribution is -0.00848. The molecule has 0 aromatic heterocycles. The SMILES string of the molecule is Br.O=C(CN1CC[C@]23CCCC[C@H]2[C@H]1Cc1ccc(O)cc13)c1ccc2c(c1)OCO2. The van der Waals surface area contributed by atoms with Gasteiger partial charge in [0.25, 0.3) is 0 Å². The van der Waals surface area contributed by atoms with Crippen molar-refractivity contribution < 1.29 is 19.4 Å². The molecular weight excluding hydrogens is 458 g/mol. The maximum atomic E-state index is 13.2.